The standard InChI is InChI=1S/C20H25ClN2O3/c1-13-7-9-20(10-8-13)23(19(25)14-3-2-4-15(21)11-14)17(12-26-20)18(24)22-16-5-6-16/h2-4,11,13,16-17H,5-10,12H2,1H3,(H,22,24)/t13?,17-,20?/m1/s1. The molecule has 1 saturated heterocycles. The number of nitrogens with one attached hydrogen (secondary N) is 1. The van der Waals surface area contributed by atoms with E-state index in [-0.39, 0.29) is 24.5 Å². The zero-order chi connectivity index (χ0) is 18.3. The first-order valence-corrected chi connectivity index (χ1v) is 9.90. The molecule has 140 valence electrons. The molecule has 1 aliphatic heterocycles. The van der Waals surface area contributed by atoms with E-state index in [0.29, 0.717) is 16.5 Å². The third kappa shape index (κ3) is 3.35. The van der Waals surface area contributed by atoms with Crippen LogP contribution in [0.5, 0.6) is 0 Å². The van der Waals surface area contributed by atoms with Crippen LogP contribution >= 0.6 is 11.6 Å². The minimum Gasteiger partial charge on any atom is -0.353 e. The smallest absolute Gasteiger partial charge is 0.256 e. The second-order valence-corrected chi connectivity index (χ2v) is 8.36. The molecule has 1 spiro atoms. The lowest BCUT2D eigenvalue weighted by atomic mass is 9.83. The van der Waals surface area contributed by atoms with Crippen molar-refractivity contribution in [3.63, 3.8) is 0 Å². The van der Waals surface area contributed by atoms with Crippen LogP contribution < -0.4 is 5.32 Å². The fraction of sp³-hybridized carbons (Fsp3) is 0.600. The molecule has 1 N–H and O–H groups in total. The van der Waals surface area contributed by atoms with Gasteiger partial charge in [0.15, 0.2) is 0 Å². The Hall–Kier alpha value is -1.59. The van der Waals surface area contributed by atoms with E-state index >= 15 is 0 Å². The first-order valence-electron chi connectivity index (χ1n) is 9.52. The Balaban J connectivity index is 1.64. The van der Waals surface area contributed by atoms with E-state index in [2.05, 4.69) is 12.2 Å². The number of hydrogen-bond donors (Lipinski definition) is 1. The predicted octanol–water partition coefficient (Wildman–Crippen LogP) is 3.37. The molecule has 1 heterocycles. The van der Waals surface area contributed by atoms with Crippen molar-refractivity contribution in [2.45, 2.75) is 63.3 Å². The lowest BCUT2D eigenvalue weighted by Crippen LogP contribution is -2.57. The van der Waals surface area contributed by atoms with Crippen molar-refractivity contribution in [2.75, 3.05) is 6.61 Å². The van der Waals surface area contributed by atoms with E-state index in [1.807, 2.05) is 0 Å². The molecule has 26 heavy (non-hydrogen) atoms. The van der Waals surface area contributed by atoms with Gasteiger partial charge >= 0.3 is 0 Å². The Bertz CT molecular complexity index is 711. The maximum absolute atomic E-state index is 13.4. The van der Waals surface area contributed by atoms with Gasteiger partial charge in [0.2, 0.25) is 5.91 Å². The average Bonchev–Trinajstić information content (AvgIpc) is 3.36. The van der Waals surface area contributed by atoms with Crippen LogP contribution in [0.3, 0.4) is 0 Å². The van der Waals surface area contributed by atoms with Gasteiger partial charge in [0.25, 0.3) is 5.91 Å². The summed E-state index contributed by atoms with van der Waals surface area (Å²) in [4.78, 5) is 27.9. The lowest BCUT2D eigenvalue weighted by molar-refractivity contribution is -0.128. The van der Waals surface area contributed by atoms with Crippen molar-refractivity contribution in [1.29, 1.82) is 0 Å². The predicted molar refractivity (Wildman–Crippen MR) is 98.9 cm³/mol. The number of ether oxygens (including phenoxy) is 1. The summed E-state index contributed by atoms with van der Waals surface area (Å²) >= 11 is 6.09. The van der Waals surface area contributed by atoms with Gasteiger partial charge in [0, 0.05) is 16.6 Å². The largest absolute Gasteiger partial charge is 0.353 e. The van der Waals surface area contributed by atoms with Gasteiger partial charge in [-0.1, -0.05) is 24.6 Å². The second kappa shape index (κ2) is 6.86. The summed E-state index contributed by atoms with van der Waals surface area (Å²) < 4.78 is 6.16. The SMILES string of the molecule is CC1CCC2(CC1)OC[C@H](C(=O)NC1CC1)N2C(=O)c1cccc(Cl)c1. The Kier molecular flexibility index (Phi) is 4.70. The van der Waals surface area contributed by atoms with Gasteiger partial charge in [0.1, 0.15) is 11.8 Å². The van der Waals surface area contributed by atoms with Gasteiger partial charge in [-0.15, -0.1) is 0 Å². The number of amides is 2. The monoisotopic (exact) mass is 376 g/mol. The molecule has 3 fully saturated rings. The molecule has 2 saturated carbocycles. The molecule has 0 aromatic heterocycles. The van der Waals surface area contributed by atoms with E-state index < -0.39 is 11.8 Å². The lowest BCUT2D eigenvalue weighted by Gasteiger charge is -2.43. The third-order valence-electron chi connectivity index (χ3n) is 5.83. The Morgan fingerprint density at radius 2 is 1.96 bits per heavy atom. The van der Waals surface area contributed by atoms with Crippen LogP contribution in [0.2, 0.25) is 5.02 Å². The number of carbonyl (C=O) groups excluding carboxylic acids is 2. The van der Waals surface area contributed by atoms with Gasteiger partial charge in [-0.25, -0.2) is 0 Å². The van der Waals surface area contributed by atoms with Crippen LogP contribution in [0, 0.1) is 5.92 Å². The highest BCUT2D eigenvalue weighted by Gasteiger charge is 2.54. The number of halogens is 1. The Morgan fingerprint density at radius 3 is 2.62 bits per heavy atom. The van der Waals surface area contributed by atoms with Gasteiger partial charge < -0.3 is 10.1 Å². The summed E-state index contributed by atoms with van der Waals surface area (Å²) in [6, 6.07) is 6.61. The van der Waals surface area contributed by atoms with Crippen LogP contribution in [0.4, 0.5) is 0 Å². The zero-order valence-electron chi connectivity index (χ0n) is 15.0. The van der Waals surface area contributed by atoms with Gasteiger partial charge in [0.05, 0.1) is 6.61 Å². The molecule has 2 amide bonds. The fourth-order valence-electron chi connectivity index (χ4n) is 4.07. The maximum Gasteiger partial charge on any atom is 0.256 e. The quantitative estimate of drug-likeness (QED) is 0.879. The number of nitrogens with zero attached hydrogens (tertiary/aromatic N) is 1. The first kappa shape index (κ1) is 17.8. The summed E-state index contributed by atoms with van der Waals surface area (Å²) in [6.45, 7) is 2.49. The van der Waals surface area contributed by atoms with E-state index in [9.17, 15) is 9.59 Å². The molecule has 2 aliphatic carbocycles. The van der Waals surface area contributed by atoms with Crippen molar-refractivity contribution in [1.82, 2.24) is 10.2 Å². The molecule has 0 unspecified atom stereocenters. The van der Waals surface area contributed by atoms with Crippen molar-refractivity contribution in [3.05, 3.63) is 34.9 Å². The molecular weight excluding hydrogens is 352 g/mol. The first-order chi connectivity index (χ1) is 12.5. The van der Waals surface area contributed by atoms with Crippen LogP contribution in [0.1, 0.15) is 55.8 Å². The van der Waals surface area contributed by atoms with Gasteiger partial charge in [-0.3, -0.25) is 14.5 Å². The van der Waals surface area contributed by atoms with Crippen LogP contribution in [0.25, 0.3) is 0 Å². The highest BCUT2D eigenvalue weighted by molar-refractivity contribution is 6.31. The van der Waals surface area contributed by atoms with Gasteiger partial charge in [-0.05, 0) is 62.6 Å². The van der Waals surface area contributed by atoms with Crippen LogP contribution in [-0.4, -0.2) is 41.1 Å². The summed E-state index contributed by atoms with van der Waals surface area (Å²) in [6.07, 6.45) is 5.57. The number of benzene rings is 1. The fourth-order valence-corrected chi connectivity index (χ4v) is 4.26. The van der Waals surface area contributed by atoms with E-state index in [1.165, 1.54) is 0 Å². The van der Waals surface area contributed by atoms with Crippen LogP contribution in [0.15, 0.2) is 24.3 Å². The molecule has 3 aliphatic rings. The maximum atomic E-state index is 13.4. The number of carbonyl (C=O) groups is 2. The highest BCUT2D eigenvalue weighted by Crippen LogP contribution is 2.43. The average molecular weight is 377 g/mol. The van der Waals surface area contributed by atoms with E-state index in [4.69, 9.17) is 16.3 Å². The van der Waals surface area contributed by atoms with E-state index in [1.54, 1.807) is 29.2 Å². The number of hydrogen-bond acceptors (Lipinski definition) is 3. The topological polar surface area (TPSA) is 58.6 Å². The Labute approximate surface area is 159 Å². The molecule has 1 atom stereocenters. The van der Waals surface area contributed by atoms with Crippen molar-refractivity contribution in [2.24, 2.45) is 5.92 Å². The summed E-state index contributed by atoms with van der Waals surface area (Å²) in [7, 11) is 0. The van der Waals surface area contributed by atoms with Crippen molar-refractivity contribution >= 4 is 23.4 Å². The van der Waals surface area contributed by atoms with E-state index in [0.717, 1.165) is 38.5 Å². The summed E-state index contributed by atoms with van der Waals surface area (Å²) in [5.41, 5.74) is -0.164. The third-order valence-corrected chi connectivity index (χ3v) is 6.07. The molecule has 0 radical (unpaired) electrons. The zero-order valence-corrected chi connectivity index (χ0v) is 15.8. The minimum atomic E-state index is -0.669. The molecular formula is C20H25ClN2O3. The summed E-state index contributed by atoms with van der Waals surface area (Å²) in [5.74, 6) is 0.348. The van der Waals surface area contributed by atoms with Crippen LogP contribution in [-0.2, 0) is 9.53 Å². The molecule has 1 aromatic carbocycles. The van der Waals surface area contributed by atoms with Crippen molar-refractivity contribution in [3.8, 4) is 0 Å². The summed E-state index contributed by atoms with van der Waals surface area (Å²) in [5, 5.41) is 3.55. The second-order valence-electron chi connectivity index (χ2n) is 7.92. The molecule has 1 aromatic rings. The van der Waals surface area contributed by atoms with Crippen molar-refractivity contribution < 1.29 is 14.3 Å². The highest BCUT2D eigenvalue weighted by atomic mass is 35.5. The van der Waals surface area contributed by atoms with Gasteiger partial charge in [-0.2, -0.15) is 0 Å². The Morgan fingerprint density at radius 1 is 1.23 bits per heavy atom. The number of rotatable bonds is 3. The molecule has 6 heteroatoms. The molecule has 4 rings (SSSR count). The molecule has 5 nitrogen and oxygen atoms in total. The normalized spacial score (nSPS) is 31.2. The molecule has 0 bridgehead atoms. The minimum absolute atomic E-state index is 0.0987.